The van der Waals surface area contributed by atoms with E-state index >= 15 is 0 Å². The first kappa shape index (κ1) is 21.0. The topological polar surface area (TPSA) is 54.1 Å². The summed E-state index contributed by atoms with van der Waals surface area (Å²) in [5, 5.41) is 21.2. The molecule has 0 saturated carbocycles. The van der Waals surface area contributed by atoms with Gasteiger partial charge in [-0.05, 0) is 42.2 Å². The van der Waals surface area contributed by atoms with Crippen LogP contribution in [0.1, 0.15) is 71.9 Å². The van der Waals surface area contributed by atoms with E-state index in [4.69, 9.17) is 4.74 Å². The molecule has 0 unspecified atom stereocenters. The van der Waals surface area contributed by atoms with Crippen molar-refractivity contribution >= 4 is 0 Å². The van der Waals surface area contributed by atoms with Crippen molar-refractivity contribution in [2.75, 3.05) is 26.2 Å². The Kier molecular flexibility index (Phi) is 6.62. The number of piperidine rings is 1. The van der Waals surface area contributed by atoms with Crippen LogP contribution < -0.4 is 9.64 Å². The number of aliphatic hydroxyl groups is 1. The minimum atomic E-state index is -0.465. The van der Waals surface area contributed by atoms with Gasteiger partial charge in [0.2, 0.25) is 0 Å². The van der Waals surface area contributed by atoms with Crippen LogP contribution in [0.2, 0.25) is 0 Å². The van der Waals surface area contributed by atoms with E-state index in [-0.39, 0.29) is 10.8 Å². The molecule has 1 aliphatic heterocycles. The van der Waals surface area contributed by atoms with Crippen molar-refractivity contribution in [2.24, 2.45) is 0 Å². The van der Waals surface area contributed by atoms with Crippen LogP contribution in [0.15, 0.2) is 12.1 Å². The Morgan fingerprint density at radius 2 is 1.46 bits per heavy atom. The molecule has 148 valence electrons. The molecule has 1 aromatic carbocycles. The SMILES string of the molecule is CC(C)(C)c1cc(OC[C@@H](O)C[NH+]2CCCCC2)cc(C(C)(C)C)c1O. The minimum absolute atomic E-state index is 0.181. The van der Waals surface area contributed by atoms with Gasteiger partial charge in [0.1, 0.15) is 30.8 Å². The van der Waals surface area contributed by atoms with Crippen LogP contribution in [0, 0.1) is 0 Å². The van der Waals surface area contributed by atoms with Gasteiger partial charge in [0.15, 0.2) is 0 Å². The van der Waals surface area contributed by atoms with Crippen molar-refractivity contribution in [3.8, 4) is 11.5 Å². The predicted octanol–water partition coefficient (Wildman–Crippen LogP) is 2.80. The molecular formula is C22H38NO3+. The second-order valence-corrected chi connectivity index (χ2v) is 9.85. The van der Waals surface area contributed by atoms with E-state index in [9.17, 15) is 10.2 Å². The first-order chi connectivity index (χ1) is 12.0. The van der Waals surface area contributed by atoms with Gasteiger partial charge in [-0.1, -0.05) is 41.5 Å². The number of hydrogen-bond acceptors (Lipinski definition) is 3. The number of rotatable bonds is 5. The number of phenolic OH excluding ortho intramolecular Hbond substituents is 1. The lowest BCUT2D eigenvalue weighted by Crippen LogP contribution is -3.14. The van der Waals surface area contributed by atoms with Gasteiger partial charge in [0.05, 0.1) is 13.1 Å². The van der Waals surface area contributed by atoms with Crippen molar-refractivity contribution in [3.05, 3.63) is 23.3 Å². The molecule has 0 aromatic heterocycles. The molecule has 1 saturated heterocycles. The molecule has 0 amide bonds. The second-order valence-electron chi connectivity index (χ2n) is 9.85. The first-order valence-electron chi connectivity index (χ1n) is 10.0. The maximum absolute atomic E-state index is 10.8. The number of phenols is 1. The molecule has 1 atom stereocenters. The van der Waals surface area contributed by atoms with E-state index in [2.05, 4.69) is 41.5 Å². The highest BCUT2D eigenvalue weighted by atomic mass is 16.5. The number of nitrogens with one attached hydrogen (secondary N) is 1. The van der Waals surface area contributed by atoms with E-state index in [0.29, 0.717) is 12.4 Å². The maximum Gasteiger partial charge on any atom is 0.137 e. The molecule has 0 spiro atoms. The van der Waals surface area contributed by atoms with Gasteiger partial charge in [0, 0.05) is 11.1 Å². The number of quaternary nitrogens is 1. The van der Waals surface area contributed by atoms with Crippen LogP contribution in [0.25, 0.3) is 0 Å². The number of aromatic hydroxyl groups is 1. The van der Waals surface area contributed by atoms with Crippen molar-refractivity contribution in [1.29, 1.82) is 0 Å². The van der Waals surface area contributed by atoms with Gasteiger partial charge in [-0.25, -0.2) is 0 Å². The van der Waals surface area contributed by atoms with Crippen LogP contribution in [0.4, 0.5) is 0 Å². The molecule has 0 bridgehead atoms. The Labute approximate surface area is 159 Å². The van der Waals surface area contributed by atoms with Crippen LogP contribution in [-0.4, -0.2) is 42.6 Å². The molecule has 2 rings (SSSR count). The Morgan fingerprint density at radius 1 is 0.962 bits per heavy atom. The molecule has 1 aliphatic rings. The van der Waals surface area contributed by atoms with E-state index in [0.717, 1.165) is 36.5 Å². The highest BCUT2D eigenvalue weighted by molar-refractivity contribution is 5.51. The summed E-state index contributed by atoms with van der Waals surface area (Å²) in [6.45, 7) is 15.9. The highest BCUT2D eigenvalue weighted by Gasteiger charge is 2.27. The molecule has 26 heavy (non-hydrogen) atoms. The molecular weight excluding hydrogens is 326 g/mol. The summed E-state index contributed by atoms with van der Waals surface area (Å²) in [6, 6.07) is 3.84. The van der Waals surface area contributed by atoms with Gasteiger partial charge in [0.25, 0.3) is 0 Å². The zero-order chi connectivity index (χ0) is 19.5. The van der Waals surface area contributed by atoms with Crippen molar-refractivity contribution in [2.45, 2.75) is 77.7 Å². The number of aliphatic hydroxyl groups excluding tert-OH is 1. The Hall–Kier alpha value is -1.26. The number of hydrogen-bond donors (Lipinski definition) is 3. The third-order valence-corrected chi connectivity index (χ3v) is 5.23. The van der Waals surface area contributed by atoms with E-state index in [1.165, 1.54) is 24.2 Å². The predicted molar refractivity (Wildman–Crippen MR) is 106 cm³/mol. The summed E-state index contributed by atoms with van der Waals surface area (Å²) in [5.41, 5.74) is 1.41. The van der Waals surface area contributed by atoms with E-state index in [1.54, 1.807) is 0 Å². The molecule has 0 radical (unpaired) electrons. The largest absolute Gasteiger partial charge is 0.507 e. The Morgan fingerprint density at radius 3 is 1.92 bits per heavy atom. The van der Waals surface area contributed by atoms with Gasteiger partial charge in [-0.3, -0.25) is 0 Å². The summed E-state index contributed by atoms with van der Waals surface area (Å²) in [4.78, 5) is 1.48. The van der Waals surface area contributed by atoms with Crippen LogP contribution in [0.5, 0.6) is 11.5 Å². The summed E-state index contributed by atoms with van der Waals surface area (Å²) in [7, 11) is 0. The minimum Gasteiger partial charge on any atom is -0.507 e. The number of ether oxygens (including phenoxy) is 1. The maximum atomic E-state index is 10.8. The van der Waals surface area contributed by atoms with E-state index < -0.39 is 6.10 Å². The standard InChI is InChI=1S/C22H37NO3/c1-21(2,3)18-12-17(13-19(20(18)25)22(4,5)6)26-15-16(24)14-23-10-8-7-9-11-23/h12-13,16,24-25H,7-11,14-15H2,1-6H3/p+1/t16-/m0/s1. The van der Waals surface area contributed by atoms with Crippen molar-refractivity contribution in [3.63, 3.8) is 0 Å². The normalized spacial score (nSPS) is 18.0. The molecule has 4 heteroatoms. The Balaban J connectivity index is 2.12. The van der Waals surface area contributed by atoms with Gasteiger partial charge in [-0.15, -0.1) is 0 Å². The third kappa shape index (κ3) is 5.62. The summed E-state index contributed by atoms with van der Waals surface area (Å²) in [5.74, 6) is 1.08. The fourth-order valence-electron chi connectivity index (χ4n) is 3.68. The molecule has 1 heterocycles. The zero-order valence-electron chi connectivity index (χ0n) is 17.5. The average Bonchev–Trinajstić information content (AvgIpc) is 2.52. The third-order valence-electron chi connectivity index (χ3n) is 5.23. The Bertz CT molecular complexity index is 557. The van der Waals surface area contributed by atoms with Gasteiger partial charge in [-0.2, -0.15) is 0 Å². The average molecular weight is 365 g/mol. The first-order valence-corrected chi connectivity index (χ1v) is 10.0. The molecule has 1 fully saturated rings. The lowest BCUT2D eigenvalue weighted by Gasteiger charge is -2.28. The van der Waals surface area contributed by atoms with Crippen molar-refractivity contribution in [1.82, 2.24) is 0 Å². The molecule has 0 aliphatic carbocycles. The number of benzene rings is 1. The second kappa shape index (κ2) is 8.18. The van der Waals surface area contributed by atoms with Gasteiger partial charge >= 0.3 is 0 Å². The van der Waals surface area contributed by atoms with E-state index in [1.807, 2.05) is 12.1 Å². The fourth-order valence-corrected chi connectivity index (χ4v) is 3.68. The van der Waals surface area contributed by atoms with Crippen LogP contribution in [-0.2, 0) is 10.8 Å². The molecule has 1 aromatic rings. The highest BCUT2D eigenvalue weighted by Crippen LogP contribution is 2.41. The lowest BCUT2D eigenvalue weighted by molar-refractivity contribution is -0.908. The zero-order valence-corrected chi connectivity index (χ0v) is 17.5. The van der Waals surface area contributed by atoms with Gasteiger partial charge < -0.3 is 19.8 Å². The molecule has 4 nitrogen and oxygen atoms in total. The van der Waals surface area contributed by atoms with Crippen molar-refractivity contribution < 1.29 is 19.8 Å². The summed E-state index contributed by atoms with van der Waals surface area (Å²) < 4.78 is 5.96. The lowest BCUT2D eigenvalue weighted by atomic mass is 9.79. The molecule has 3 N–H and O–H groups in total. The fraction of sp³-hybridized carbons (Fsp3) is 0.727. The monoisotopic (exact) mass is 364 g/mol. The summed E-state index contributed by atoms with van der Waals surface area (Å²) in [6.07, 6.45) is 3.36. The quantitative estimate of drug-likeness (QED) is 0.753. The smallest absolute Gasteiger partial charge is 0.137 e. The number of likely N-dealkylation sites (tertiary alicyclic amines) is 1. The van der Waals surface area contributed by atoms with Crippen LogP contribution >= 0.6 is 0 Å². The van der Waals surface area contributed by atoms with Crippen LogP contribution in [0.3, 0.4) is 0 Å². The summed E-state index contributed by atoms with van der Waals surface area (Å²) >= 11 is 0.